The Morgan fingerprint density at radius 1 is 0.373 bits per heavy atom. The molecule has 1 aromatic heterocycles. The zero-order chi connectivity index (χ0) is 56.7. The van der Waals surface area contributed by atoms with Crippen LogP contribution in [-0.2, 0) is 62.4 Å². The van der Waals surface area contributed by atoms with Crippen LogP contribution in [0.2, 0.25) is 0 Å². The molecule has 0 fully saturated rings. The molecular weight excluding hydrogens is 1070 g/mol. The Kier molecular flexibility index (Phi) is 16.4. The van der Waals surface area contributed by atoms with Crippen molar-refractivity contribution in [1.29, 1.82) is 0 Å². The molecule has 0 unspecified atom stereocenters. The van der Waals surface area contributed by atoms with Gasteiger partial charge in [-0.25, -0.2) is 0 Å². The molecule has 0 bridgehead atoms. The average molecular weight is 1100 g/mol. The average Bonchev–Trinajstić information content (AvgIpc) is 3.28. The summed E-state index contributed by atoms with van der Waals surface area (Å²) in [5.41, 5.74) is -28.1. The highest BCUT2D eigenvalue weighted by molar-refractivity contribution is 7.20. The van der Waals surface area contributed by atoms with E-state index < -0.39 is 195 Å². The molecule has 0 aliphatic rings. The van der Waals surface area contributed by atoms with E-state index in [1.165, 1.54) is 5.56 Å². The number of alkyl halides is 24. The minimum Gasteiger partial charge on any atom is -0.287 e. The third-order valence-electron chi connectivity index (χ3n) is 11.4. The lowest BCUT2D eigenvalue weighted by atomic mass is 9.12. The lowest BCUT2D eigenvalue weighted by Crippen LogP contribution is -2.75. The van der Waals surface area contributed by atoms with Crippen molar-refractivity contribution in [3.8, 4) is 0 Å². The number of carbonyl (C=O) groups excluding carboxylic acids is 1. The number of nitrogens with zero attached hydrogens (tertiary/aromatic N) is 1. The topological polar surface area (TPSA) is 20.9 Å². The van der Waals surface area contributed by atoms with Gasteiger partial charge in [0.1, 0.15) is 6.15 Å². The standard InChI is InChI=1S/C32H12BF24.C16H18NO/c34-25(35,36)13-1-14(26(37,38)39)6-21(5-13)33(22-7-15(27(40,41)42)2-16(8-22)28(43,44)45,23-9-17(29(46,47)48)3-18(10-23)30(49,50)51)24-11-19(31(52,53)54)4-20(12-24)32(55,56)57;1-2-6-14-9-11-17(12-10-14)13-16(18)15-7-4-3-5-8-15/h1-12H;3-5,7-12H,2,6,13H2,1H3/q-1;+1. The highest BCUT2D eigenvalue weighted by atomic mass is 19.4. The molecule has 6 aromatic rings. The molecule has 0 amide bonds. The van der Waals surface area contributed by atoms with E-state index in [0.29, 0.717) is 6.54 Å². The molecule has 404 valence electrons. The first-order valence-electron chi connectivity index (χ1n) is 21.0. The number of rotatable bonds is 9. The fourth-order valence-electron chi connectivity index (χ4n) is 8.00. The van der Waals surface area contributed by atoms with Gasteiger partial charge in [0.15, 0.2) is 12.4 Å². The number of ketones is 1. The first kappa shape index (κ1) is 59.2. The second kappa shape index (κ2) is 20.8. The molecule has 27 heteroatoms. The minimum atomic E-state index is -6.13. The Labute approximate surface area is 407 Å². The Hall–Kier alpha value is -6.70. The van der Waals surface area contributed by atoms with Gasteiger partial charge >= 0.3 is 49.4 Å². The maximum absolute atomic E-state index is 14.2. The van der Waals surface area contributed by atoms with Gasteiger partial charge in [0.2, 0.25) is 12.3 Å². The Morgan fingerprint density at radius 3 is 0.827 bits per heavy atom. The van der Waals surface area contributed by atoms with E-state index in [2.05, 4.69) is 19.1 Å². The molecule has 0 aliphatic carbocycles. The minimum absolute atomic E-state index is 0.142. The van der Waals surface area contributed by atoms with E-state index in [1.807, 2.05) is 47.3 Å². The van der Waals surface area contributed by atoms with E-state index >= 15 is 0 Å². The third-order valence-corrected chi connectivity index (χ3v) is 11.4. The fourth-order valence-corrected chi connectivity index (χ4v) is 8.00. The monoisotopic (exact) mass is 1100 g/mol. The van der Waals surface area contributed by atoms with Crippen molar-refractivity contribution in [2.45, 2.75) is 75.7 Å². The van der Waals surface area contributed by atoms with Crippen molar-refractivity contribution in [3.05, 3.63) is 183 Å². The van der Waals surface area contributed by atoms with Gasteiger partial charge < -0.3 is 0 Å². The SMILES string of the molecule is CCCc1cc[n+](CC(=O)c2ccccc2)cc1.FC(F)(F)c1cc([B-](c2cc(C(F)(F)F)cc(C(F)(F)F)c2)(c2cc(C(F)(F)F)cc(C(F)(F)F)c2)c2cc(C(F)(F)F)cc(C(F)(F)F)c2)cc(C(F)(F)F)c1. The van der Waals surface area contributed by atoms with Gasteiger partial charge in [0.05, 0.1) is 44.5 Å². The van der Waals surface area contributed by atoms with Crippen LogP contribution in [0.3, 0.4) is 0 Å². The van der Waals surface area contributed by atoms with E-state index in [-0.39, 0.29) is 5.78 Å². The van der Waals surface area contributed by atoms with E-state index in [1.54, 1.807) is 0 Å². The molecule has 0 saturated heterocycles. The van der Waals surface area contributed by atoms with Crippen LogP contribution in [0.25, 0.3) is 0 Å². The lowest BCUT2D eigenvalue weighted by Gasteiger charge is -2.46. The molecule has 0 atom stereocenters. The number of Topliss-reactive ketones (excluding diaryl/α,β-unsaturated/α-hetero) is 1. The van der Waals surface area contributed by atoms with Gasteiger partial charge in [-0.3, -0.25) is 4.79 Å². The first-order valence-corrected chi connectivity index (χ1v) is 21.0. The van der Waals surface area contributed by atoms with Crippen molar-refractivity contribution in [3.63, 3.8) is 0 Å². The quantitative estimate of drug-likeness (QED) is 0.0612. The number of benzene rings is 5. The summed E-state index contributed by atoms with van der Waals surface area (Å²) in [7, 11) is 0. The maximum Gasteiger partial charge on any atom is 0.416 e. The van der Waals surface area contributed by atoms with E-state index in [4.69, 9.17) is 0 Å². The number of hydrogen-bond donors (Lipinski definition) is 0. The summed E-state index contributed by atoms with van der Waals surface area (Å²) in [6.07, 6.45) is -48.6. The van der Waals surface area contributed by atoms with Crippen LogP contribution in [0.15, 0.2) is 128 Å². The molecule has 2 nitrogen and oxygen atoms in total. The highest BCUT2D eigenvalue weighted by Crippen LogP contribution is 2.41. The largest absolute Gasteiger partial charge is 0.416 e. The molecule has 0 aliphatic heterocycles. The number of carbonyl (C=O) groups is 1. The van der Waals surface area contributed by atoms with Crippen LogP contribution >= 0.6 is 0 Å². The summed E-state index contributed by atoms with van der Waals surface area (Å²) in [5.74, 6) is 0.142. The summed E-state index contributed by atoms with van der Waals surface area (Å²) in [4.78, 5) is 12.0. The van der Waals surface area contributed by atoms with E-state index in [0.717, 1.165) is 18.4 Å². The van der Waals surface area contributed by atoms with Crippen molar-refractivity contribution in [2.75, 3.05) is 0 Å². The smallest absolute Gasteiger partial charge is 0.287 e. The molecule has 0 saturated carbocycles. The van der Waals surface area contributed by atoms with Crippen LogP contribution in [-0.4, -0.2) is 11.9 Å². The van der Waals surface area contributed by atoms with Crippen molar-refractivity contribution >= 4 is 33.8 Å². The van der Waals surface area contributed by atoms with Gasteiger partial charge in [0.25, 0.3) is 0 Å². The summed E-state index contributed by atoms with van der Waals surface area (Å²) in [6, 6.07) is 4.77. The Morgan fingerprint density at radius 2 is 0.613 bits per heavy atom. The lowest BCUT2D eigenvalue weighted by molar-refractivity contribution is -0.683. The van der Waals surface area contributed by atoms with Gasteiger partial charge in [-0.2, -0.15) is 132 Å². The van der Waals surface area contributed by atoms with Gasteiger partial charge in [0, 0.05) is 17.7 Å². The normalized spacial score (nSPS) is 13.3. The van der Waals surface area contributed by atoms with Gasteiger partial charge in [-0.1, -0.05) is 92.2 Å². The Balaban J connectivity index is 0.000000483. The Bertz CT molecular complexity index is 2540. The molecule has 75 heavy (non-hydrogen) atoms. The number of aromatic nitrogens is 1. The maximum atomic E-state index is 14.2. The van der Waals surface area contributed by atoms with Gasteiger partial charge in [-0.15, -0.1) is 0 Å². The summed E-state index contributed by atoms with van der Waals surface area (Å²) >= 11 is 0. The second-order valence-electron chi connectivity index (χ2n) is 16.6. The van der Waals surface area contributed by atoms with Crippen LogP contribution < -0.4 is 26.4 Å². The zero-order valence-corrected chi connectivity index (χ0v) is 37.2. The van der Waals surface area contributed by atoms with Crippen molar-refractivity contribution < 1.29 is 115 Å². The number of hydrogen-bond acceptors (Lipinski definition) is 1. The highest BCUT2D eigenvalue weighted by Gasteiger charge is 2.47. The molecule has 0 N–H and O–H groups in total. The zero-order valence-electron chi connectivity index (χ0n) is 37.2. The van der Waals surface area contributed by atoms with Crippen LogP contribution in [0.1, 0.15) is 73.8 Å². The number of aryl methyl sites for hydroxylation is 1. The molecule has 6 rings (SSSR count). The van der Waals surface area contributed by atoms with Gasteiger partial charge in [-0.05, 0) is 36.2 Å². The summed E-state index contributed by atoms with van der Waals surface area (Å²) in [5, 5.41) is 0. The second-order valence-corrected chi connectivity index (χ2v) is 16.6. The molecule has 5 aromatic carbocycles. The molecule has 1 heterocycles. The molecule has 0 spiro atoms. The van der Waals surface area contributed by atoms with Crippen LogP contribution in [0.5, 0.6) is 0 Å². The van der Waals surface area contributed by atoms with Crippen LogP contribution in [0.4, 0.5) is 105 Å². The third kappa shape index (κ3) is 14.2. The van der Waals surface area contributed by atoms with E-state index in [9.17, 15) is 110 Å². The first-order chi connectivity index (χ1) is 34.1. The summed E-state index contributed by atoms with van der Waals surface area (Å²) < 4.78 is 343. The molecular formula is C48H30BF24NO. The number of pyridine rings is 1. The van der Waals surface area contributed by atoms with Crippen LogP contribution in [0, 0.1) is 0 Å². The summed E-state index contributed by atoms with van der Waals surface area (Å²) in [6.45, 7) is 2.57. The number of halogens is 24. The predicted octanol–water partition coefficient (Wildman–Crippen LogP) is 14.0. The molecule has 0 radical (unpaired) electrons. The predicted molar refractivity (Wildman–Crippen MR) is 221 cm³/mol. The van der Waals surface area contributed by atoms with Crippen molar-refractivity contribution in [1.82, 2.24) is 0 Å². The van der Waals surface area contributed by atoms with Crippen molar-refractivity contribution in [2.24, 2.45) is 0 Å². The fraction of sp³-hybridized carbons (Fsp3) is 0.250.